The van der Waals surface area contributed by atoms with Crippen molar-refractivity contribution in [2.75, 3.05) is 7.05 Å². The Morgan fingerprint density at radius 3 is 2.75 bits per heavy atom. The number of likely N-dealkylation sites (N-methyl/N-ethyl adjacent to an activating group) is 1. The highest BCUT2D eigenvalue weighted by Gasteiger charge is 2.12. The second-order valence-corrected chi connectivity index (χ2v) is 4.50. The van der Waals surface area contributed by atoms with E-state index in [1.54, 1.807) is 20.0 Å². The predicted octanol–water partition coefficient (Wildman–Crippen LogP) is 1.36. The van der Waals surface area contributed by atoms with Crippen LogP contribution in [0.25, 0.3) is 11.0 Å². The van der Waals surface area contributed by atoms with Gasteiger partial charge < -0.3 is 20.2 Å². The van der Waals surface area contributed by atoms with Crippen molar-refractivity contribution in [2.24, 2.45) is 0 Å². The van der Waals surface area contributed by atoms with Crippen LogP contribution in [-0.2, 0) is 11.3 Å². The zero-order valence-corrected chi connectivity index (χ0v) is 11.3. The van der Waals surface area contributed by atoms with Crippen LogP contribution in [-0.4, -0.2) is 30.1 Å². The minimum absolute atomic E-state index is 0.0798. The summed E-state index contributed by atoms with van der Waals surface area (Å²) in [4.78, 5) is 22.2. The first-order valence-corrected chi connectivity index (χ1v) is 6.22. The summed E-state index contributed by atoms with van der Waals surface area (Å²) in [5, 5.41) is 15.2. The van der Waals surface area contributed by atoms with Crippen molar-refractivity contribution in [3.8, 4) is 0 Å². The molecule has 0 aliphatic carbocycles. The van der Waals surface area contributed by atoms with Crippen LogP contribution in [0.5, 0.6) is 0 Å². The molecule has 0 radical (unpaired) electrons. The van der Waals surface area contributed by atoms with E-state index in [2.05, 4.69) is 10.6 Å². The van der Waals surface area contributed by atoms with Crippen molar-refractivity contribution in [3.05, 3.63) is 35.6 Å². The van der Waals surface area contributed by atoms with E-state index in [0.29, 0.717) is 12.1 Å². The first-order chi connectivity index (χ1) is 9.51. The van der Waals surface area contributed by atoms with Crippen LogP contribution in [0.3, 0.4) is 0 Å². The van der Waals surface area contributed by atoms with E-state index in [9.17, 15) is 9.59 Å². The Hall–Kier alpha value is -2.34. The van der Waals surface area contributed by atoms with Crippen molar-refractivity contribution in [3.63, 3.8) is 0 Å². The van der Waals surface area contributed by atoms with E-state index in [1.165, 1.54) is 6.07 Å². The van der Waals surface area contributed by atoms with Gasteiger partial charge in [0, 0.05) is 19.0 Å². The molecule has 6 heteroatoms. The normalized spacial score (nSPS) is 12.3. The molecule has 0 saturated heterocycles. The van der Waals surface area contributed by atoms with Crippen molar-refractivity contribution >= 4 is 22.8 Å². The Morgan fingerprint density at radius 1 is 1.35 bits per heavy atom. The summed E-state index contributed by atoms with van der Waals surface area (Å²) in [5.41, 5.74) is 1.48. The number of hydrogen-bond donors (Lipinski definition) is 3. The quantitative estimate of drug-likeness (QED) is 0.767. The van der Waals surface area contributed by atoms with Crippen molar-refractivity contribution in [1.82, 2.24) is 10.6 Å². The van der Waals surface area contributed by atoms with E-state index >= 15 is 0 Å². The zero-order chi connectivity index (χ0) is 14.7. The lowest BCUT2D eigenvalue weighted by atomic mass is 10.1. The number of aromatic carboxylic acids is 1. The summed E-state index contributed by atoms with van der Waals surface area (Å²) in [6.07, 6.45) is 0. The third-order valence-electron chi connectivity index (χ3n) is 3.04. The zero-order valence-electron chi connectivity index (χ0n) is 11.3. The first kappa shape index (κ1) is 14.1. The number of furan rings is 1. The molecule has 6 nitrogen and oxygen atoms in total. The van der Waals surface area contributed by atoms with Gasteiger partial charge in [0.2, 0.25) is 11.7 Å². The Labute approximate surface area is 115 Å². The molecule has 1 atom stereocenters. The van der Waals surface area contributed by atoms with Crippen LogP contribution < -0.4 is 10.6 Å². The van der Waals surface area contributed by atoms with E-state index in [0.717, 1.165) is 10.9 Å². The monoisotopic (exact) mass is 276 g/mol. The number of rotatable bonds is 5. The average molecular weight is 276 g/mol. The summed E-state index contributed by atoms with van der Waals surface area (Å²) >= 11 is 0. The fraction of sp³-hybridized carbons (Fsp3) is 0.286. The molecule has 1 amide bonds. The number of nitrogens with one attached hydrogen (secondary N) is 2. The molecule has 0 bridgehead atoms. The van der Waals surface area contributed by atoms with Gasteiger partial charge in [0.05, 0.1) is 6.04 Å². The fourth-order valence-corrected chi connectivity index (χ4v) is 1.89. The molecule has 0 aliphatic heterocycles. The highest BCUT2D eigenvalue weighted by molar-refractivity contribution is 5.91. The lowest BCUT2D eigenvalue weighted by Crippen LogP contribution is -2.40. The van der Waals surface area contributed by atoms with Crippen LogP contribution in [0.4, 0.5) is 0 Å². The molecule has 0 spiro atoms. The van der Waals surface area contributed by atoms with Crippen molar-refractivity contribution in [1.29, 1.82) is 0 Å². The van der Waals surface area contributed by atoms with E-state index < -0.39 is 5.97 Å². The number of amides is 1. The molecule has 20 heavy (non-hydrogen) atoms. The molecule has 3 N–H and O–H groups in total. The van der Waals surface area contributed by atoms with Gasteiger partial charge in [0.15, 0.2) is 0 Å². The molecule has 0 saturated carbocycles. The van der Waals surface area contributed by atoms with Gasteiger partial charge in [0.25, 0.3) is 0 Å². The maximum atomic E-state index is 11.4. The SMILES string of the molecule is CNC(=O)C(C)NCc1ccc2oc(C(=O)O)cc2c1. The third-order valence-corrected chi connectivity index (χ3v) is 3.04. The maximum Gasteiger partial charge on any atom is 0.371 e. The van der Waals surface area contributed by atoms with Gasteiger partial charge in [-0.2, -0.15) is 0 Å². The van der Waals surface area contributed by atoms with E-state index in [1.807, 2.05) is 12.1 Å². The fourth-order valence-electron chi connectivity index (χ4n) is 1.89. The average Bonchev–Trinajstić information content (AvgIpc) is 2.87. The van der Waals surface area contributed by atoms with Crippen molar-refractivity contribution < 1.29 is 19.1 Å². The third kappa shape index (κ3) is 2.97. The van der Waals surface area contributed by atoms with Crippen LogP contribution >= 0.6 is 0 Å². The van der Waals surface area contributed by atoms with E-state index in [-0.39, 0.29) is 17.7 Å². The topological polar surface area (TPSA) is 91.6 Å². The highest BCUT2D eigenvalue weighted by Crippen LogP contribution is 2.20. The smallest absolute Gasteiger partial charge is 0.371 e. The van der Waals surface area contributed by atoms with E-state index in [4.69, 9.17) is 9.52 Å². The first-order valence-electron chi connectivity index (χ1n) is 6.22. The van der Waals surface area contributed by atoms with Gasteiger partial charge in [-0.05, 0) is 30.7 Å². The standard InChI is InChI=1S/C14H16N2O4/c1-8(13(17)15-2)16-7-9-3-4-11-10(5-9)6-12(20-11)14(18)19/h3-6,8,16H,7H2,1-2H3,(H,15,17)(H,18,19). The molecule has 106 valence electrons. The van der Waals surface area contributed by atoms with Crippen LogP contribution in [0.1, 0.15) is 23.0 Å². The number of carboxylic acids is 1. The largest absolute Gasteiger partial charge is 0.475 e. The van der Waals surface area contributed by atoms with Crippen LogP contribution in [0, 0.1) is 0 Å². The molecule has 1 aromatic carbocycles. The maximum absolute atomic E-state index is 11.4. The van der Waals surface area contributed by atoms with Gasteiger partial charge in [-0.25, -0.2) is 4.79 Å². The molecular weight excluding hydrogens is 260 g/mol. The molecule has 1 heterocycles. The Kier molecular flexibility index (Phi) is 4.05. The lowest BCUT2D eigenvalue weighted by Gasteiger charge is -2.12. The molecule has 2 aromatic rings. The summed E-state index contributed by atoms with van der Waals surface area (Å²) < 4.78 is 5.18. The predicted molar refractivity (Wildman–Crippen MR) is 73.5 cm³/mol. The number of carbonyl (C=O) groups is 2. The second-order valence-electron chi connectivity index (χ2n) is 4.50. The second kappa shape index (κ2) is 5.75. The summed E-state index contributed by atoms with van der Waals surface area (Å²) in [6.45, 7) is 2.29. The van der Waals surface area contributed by atoms with Crippen LogP contribution in [0.2, 0.25) is 0 Å². The summed E-state index contributed by atoms with van der Waals surface area (Å²) in [7, 11) is 1.59. The number of benzene rings is 1. The van der Waals surface area contributed by atoms with Gasteiger partial charge in [-0.3, -0.25) is 4.79 Å². The summed E-state index contributed by atoms with van der Waals surface area (Å²) in [5.74, 6) is -1.25. The van der Waals surface area contributed by atoms with Crippen LogP contribution in [0.15, 0.2) is 28.7 Å². The number of fused-ring (bicyclic) bond motifs is 1. The van der Waals surface area contributed by atoms with Gasteiger partial charge in [-0.15, -0.1) is 0 Å². The summed E-state index contributed by atoms with van der Waals surface area (Å²) in [6, 6.07) is 6.59. The molecule has 0 fully saturated rings. The minimum Gasteiger partial charge on any atom is -0.475 e. The highest BCUT2D eigenvalue weighted by atomic mass is 16.4. The molecule has 2 rings (SSSR count). The molecule has 1 aromatic heterocycles. The lowest BCUT2D eigenvalue weighted by molar-refractivity contribution is -0.122. The molecular formula is C14H16N2O4. The van der Waals surface area contributed by atoms with Gasteiger partial charge in [-0.1, -0.05) is 6.07 Å². The Bertz CT molecular complexity index is 648. The Balaban J connectivity index is 2.11. The number of carbonyl (C=O) groups excluding carboxylic acids is 1. The van der Waals surface area contributed by atoms with Gasteiger partial charge >= 0.3 is 5.97 Å². The van der Waals surface area contributed by atoms with Gasteiger partial charge in [0.1, 0.15) is 5.58 Å². The molecule has 1 unspecified atom stereocenters. The minimum atomic E-state index is -1.09. The number of hydrogen-bond acceptors (Lipinski definition) is 4. The Morgan fingerprint density at radius 2 is 2.10 bits per heavy atom. The molecule has 0 aliphatic rings. The van der Waals surface area contributed by atoms with Crippen molar-refractivity contribution in [2.45, 2.75) is 19.5 Å². The number of carboxylic acid groups (broad SMARTS) is 1.